The quantitative estimate of drug-likeness (QED) is 0.504. The van der Waals surface area contributed by atoms with Gasteiger partial charge in [-0.05, 0) is 0 Å². The van der Waals surface area contributed by atoms with Crippen LogP contribution < -0.4 is 17.2 Å². The van der Waals surface area contributed by atoms with E-state index in [-0.39, 0.29) is 0 Å². The third kappa shape index (κ3) is 5.23. The van der Waals surface area contributed by atoms with Gasteiger partial charge in [-0.2, -0.15) is 0 Å². The molecule has 0 fully saturated rings. The topological polar surface area (TPSA) is 78.1 Å². The summed E-state index contributed by atoms with van der Waals surface area (Å²) in [5.41, 5.74) is 16.4. The van der Waals surface area contributed by atoms with Crippen LogP contribution in [0.2, 0.25) is 15.8 Å². The maximum absolute atomic E-state index is 5.45. The molecule has 3 nitrogen and oxygen atoms in total. The van der Waals surface area contributed by atoms with Crippen LogP contribution in [0.25, 0.3) is 0 Å². The predicted octanol–water partition coefficient (Wildman–Crippen LogP) is -0.643. The summed E-state index contributed by atoms with van der Waals surface area (Å²) in [4.78, 5) is 0. The van der Waals surface area contributed by atoms with Crippen molar-refractivity contribution in [2.24, 2.45) is 17.2 Å². The van der Waals surface area contributed by atoms with Gasteiger partial charge in [-0.15, -0.1) is 0 Å². The van der Waals surface area contributed by atoms with Crippen molar-refractivity contribution in [3.63, 3.8) is 0 Å². The molecule has 0 atom stereocenters. The summed E-state index contributed by atoms with van der Waals surface area (Å²) in [6.07, 6.45) is 0. The van der Waals surface area contributed by atoms with Crippen LogP contribution in [0.3, 0.4) is 0 Å². The first-order valence-electron chi connectivity index (χ1n) is 3.79. The molecule has 0 spiro atoms. The summed E-state index contributed by atoms with van der Waals surface area (Å²) >= 11 is -0.861. The average Bonchev–Trinajstić information content (AvgIpc) is 1.90. The molecule has 0 aromatic rings. The van der Waals surface area contributed by atoms with E-state index in [1.165, 1.54) is 15.8 Å². The Morgan fingerprint density at radius 3 is 1.20 bits per heavy atom. The minimum atomic E-state index is -0.861. The monoisotopic (exact) mass is 206 g/mol. The molecule has 0 bridgehead atoms. The van der Waals surface area contributed by atoms with E-state index >= 15 is 0 Å². The molecule has 0 aliphatic heterocycles. The second-order valence-corrected chi connectivity index (χ2v) is 8.66. The van der Waals surface area contributed by atoms with Crippen LogP contribution in [0, 0.1) is 0 Å². The fourth-order valence-corrected chi connectivity index (χ4v) is 5.13. The molecule has 61 valence electrons. The number of hydrogen-bond acceptors (Lipinski definition) is 3. The first-order valence-corrected chi connectivity index (χ1v) is 8.24. The van der Waals surface area contributed by atoms with Crippen molar-refractivity contribution in [3.05, 3.63) is 0 Å². The molecule has 1 radical (unpaired) electrons. The van der Waals surface area contributed by atoms with Crippen LogP contribution in [0.15, 0.2) is 0 Å². The summed E-state index contributed by atoms with van der Waals surface area (Å²) < 4.78 is 0. The summed E-state index contributed by atoms with van der Waals surface area (Å²) in [7, 11) is 0. The maximum atomic E-state index is 5.45. The van der Waals surface area contributed by atoms with Gasteiger partial charge in [0.05, 0.1) is 0 Å². The summed E-state index contributed by atoms with van der Waals surface area (Å²) in [6, 6.07) is 0. The summed E-state index contributed by atoms with van der Waals surface area (Å²) in [6.45, 7) is 2.49. The van der Waals surface area contributed by atoms with Crippen LogP contribution in [-0.2, 0) is 0 Å². The van der Waals surface area contributed by atoms with Crippen molar-refractivity contribution in [2.75, 3.05) is 19.6 Å². The van der Waals surface area contributed by atoms with Crippen molar-refractivity contribution in [3.8, 4) is 0 Å². The predicted molar refractivity (Wildman–Crippen MR) is 47.3 cm³/mol. The Morgan fingerprint density at radius 1 is 0.700 bits per heavy atom. The van der Waals surface area contributed by atoms with Gasteiger partial charge < -0.3 is 0 Å². The van der Waals surface area contributed by atoms with Gasteiger partial charge in [0, 0.05) is 0 Å². The molecule has 0 saturated carbocycles. The van der Waals surface area contributed by atoms with E-state index in [0.29, 0.717) is 0 Å². The second kappa shape index (κ2) is 7.53. The van der Waals surface area contributed by atoms with E-state index in [0.717, 1.165) is 19.6 Å². The van der Waals surface area contributed by atoms with Gasteiger partial charge in [0.1, 0.15) is 0 Å². The van der Waals surface area contributed by atoms with Gasteiger partial charge in [-0.25, -0.2) is 0 Å². The van der Waals surface area contributed by atoms with Gasteiger partial charge in [-0.3, -0.25) is 0 Å². The van der Waals surface area contributed by atoms with Gasteiger partial charge in [0.25, 0.3) is 0 Å². The van der Waals surface area contributed by atoms with E-state index in [2.05, 4.69) is 0 Å². The molecular weight excluding hydrogens is 187 g/mol. The van der Waals surface area contributed by atoms with Crippen LogP contribution in [-0.4, -0.2) is 34.0 Å². The first kappa shape index (κ1) is 10.4. The Hall–Kier alpha value is 0.423. The van der Waals surface area contributed by atoms with E-state index in [4.69, 9.17) is 17.2 Å². The number of rotatable bonds is 6. The molecule has 0 unspecified atom stereocenters. The molecule has 0 saturated heterocycles. The molecule has 0 aliphatic carbocycles. The normalized spacial score (nSPS) is 10.8. The van der Waals surface area contributed by atoms with Crippen molar-refractivity contribution in [2.45, 2.75) is 15.8 Å². The molecule has 0 rings (SSSR count). The molecule has 6 N–H and O–H groups in total. The van der Waals surface area contributed by atoms with Gasteiger partial charge in [0.15, 0.2) is 0 Å². The van der Waals surface area contributed by atoms with Crippen LogP contribution in [0.1, 0.15) is 0 Å². The molecule has 0 heterocycles. The van der Waals surface area contributed by atoms with E-state index < -0.39 is 14.3 Å². The second-order valence-electron chi connectivity index (χ2n) is 2.37. The molecule has 0 aromatic carbocycles. The van der Waals surface area contributed by atoms with Crippen molar-refractivity contribution < 1.29 is 0 Å². The van der Waals surface area contributed by atoms with Crippen molar-refractivity contribution in [1.82, 2.24) is 0 Å². The third-order valence-electron chi connectivity index (χ3n) is 1.49. The van der Waals surface area contributed by atoms with Gasteiger partial charge in [0.2, 0.25) is 0 Å². The Balaban J connectivity index is 3.30. The first-order chi connectivity index (χ1) is 4.85. The zero-order chi connectivity index (χ0) is 7.82. The Labute approximate surface area is 67.4 Å². The fraction of sp³-hybridized carbons (Fsp3) is 1.00. The number of nitrogens with two attached hydrogens (primary N) is 3. The Kier molecular flexibility index (Phi) is 7.85. The minimum absolute atomic E-state index is 0.829. The van der Waals surface area contributed by atoms with Crippen molar-refractivity contribution in [1.29, 1.82) is 0 Å². The molecule has 0 amide bonds. The fourth-order valence-electron chi connectivity index (χ4n) is 0.987. The van der Waals surface area contributed by atoms with E-state index in [9.17, 15) is 0 Å². The average molecular weight is 205 g/mol. The Bertz CT molecular complexity index is 55.7. The molecule has 0 aromatic heterocycles. The summed E-state index contributed by atoms with van der Waals surface area (Å²) in [5, 5.41) is 3.69. The zero-order valence-corrected chi connectivity index (χ0v) is 8.57. The molecular formula is C6H18GeN3. The van der Waals surface area contributed by atoms with Gasteiger partial charge in [-0.1, -0.05) is 0 Å². The van der Waals surface area contributed by atoms with E-state index in [1.54, 1.807) is 0 Å². The SMILES string of the molecule is NC[CH2][Ge]([CH2]CN)[CH2]CN. The molecule has 4 heteroatoms. The standard InChI is InChI=1S/C6H18GeN3/c8-4-1-7(2-5-9)3-6-10/h1-6,8-10H2. The summed E-state index contributed by atoms with van der Waals surface area (Å²) in [5.74, 6) is 0. The molecule has 0 aliphatic rings. The van der Waals surface area contributed by atoms with Crippen LogP contribution >= 0.6 is 0 Å². The Morgan fingerprint density at radius 2 is 1.00 bits per heavy atom. The number of hydrogen-bond donors (Lipinski definition) is 3. The van der Waals surface area contributed by atoms with Crippen LogP contribution in [0.4, 0.5) is 0 Å². The van der Waals surface area contributed by atoms with E-state index in [1.807, 2.05) is 0 Å². The molecule has 10 heavy (non-hydrogen) atoms. The third-order valence-corrected chi connectivity index (χ3v) is 7.76. The van der Waals surface area contributed by atoms with Gasteiger partial charge >= 0.3 is 66.9 Å². The van der Waals surface area contributed by atoms with Crippen molar-refractivity contribution >= 4 is 14.3 Å². The zero-order valence-electron chi connectivity index (χ0n) is 6.47. The van der Waals surface area contributed by atoms with Crippen LogP contribution in [0.5, 0.6) is 0 Å².